The van der Waals surface area contributed by atoms with Gasteiger partial charge in [0.1, 0.15) is 5.75 Å². The van der Waals surface area contributed by atoms with E-state index in [0.29, 0.717) is 0 Å². The van der Waals surface area contributed by atoms with Gasteiger partial charge in [0.25, 0.3) is 10.1 Å². The first kappa shape index (κ1) is 23.9. The third kappa shape index (κ3) is 11.3. The second-order valence-corrected chi connectivity index (χ2v) is 5.15. The largest absolute Gasteiger partial charge is 1.00 e. The molecule has 0 aliphatic heterocycles. The maximum absolute atomic E-state index is 10.5. The van der Waals surface area contributed by atoms with Crippen molar-refractivity contribution in [3.05, 3.63) is 29.8 Å². The Bertz CT molecular complexity index is 459. The summed E-state index contributed by atoms with van der Waals surface area (Å²) in [6.07, 6.45) is -1.13. The minimum absolute atomic E-state index is 0. The molecule has 0 radical (unpaired) electrons. The molecule has 9 heteroatoms. The van der Waals surface area contributed by atoms with Crippen LogP contribution in [0, 0.1) is 6.92 Å². The molecule has 19 heavy (non-hydrogen) atoms. The van der Waals surface area contributed by atoms with Gasteiger partial charge in [-0.25, -0.2) is 0 Å². The SMILES string of the molecule is Cc1cccc(NCC(O)CS(=O)(=O)O)c1.O.O.[H-].[Na+]. The van der Waals surface area contributed by atoms with E-state index in [2.05, 4.69) is 5.32 Å². The molecule has 0 aromatic heterocycles. The number of aryl methyl sites for hydroxylation is 1. The van der Waals surface area contributed by atoms with Gasteiger partial charge in [0.05, 0.1) is 6.10 Å². The van der Waals surface area contributed by atoms with Gasteiger partial charge in [-0.05, 0) is 24.6 Å². The van der Waals surface area contributed by atoms with E-state index in [0.717, 1.165) is 11.3 Å². The third-order valence-electron chi connectivity index (χ3n) is 1.96. The number of hydrogen-bond donors (Lipinski definition) is 3. The number of aliphatic hydroxyl groups is 1. The van der Waals surface area contributed by atoms with E-state index in [-0.39, 0.29) is 48.5 Å². The van der Waals surface area contributed by atoms with E-state index in [1.165, 1.54) is 0 Å². The van der Waals surface area contributed by atoms with Crippen LogP contribution in [0.2, 0.25) is 0 Å². The average molecular weight is 305 g/mol. The Morgan fingerprint density at radius 3 is 2.42 bits per heavy atom. The van der Waals surface area contributed by atoms with Gasteiger partial charge >= 0.3 is 29.6 Å². The molecule has 0 heterocycles. The second-order valence-electron chi connectivity index (χ2n) is 3.65. The summed E-state index contributed by atoms with van der Waals surface area (Å²) in [6, 6.07) is 7.47. The van der Waals surface area contributed by atoms with Gasteiger partial charge in [-0.15, -0.1) is 0 Å². The maximum Gasteiger partial charge on any atom is 1.00 e. The predicted molar refractivity (Wildman–Crippen MR) is 70.4 cm³/mol. The molecule has 108 valence electrons. The number of benzene rings is 1. The van der Waals surface area contributed by atoms with Gasteiger partial charge in [0, 0.05) is 12.2 Å². The Morgan fingerprint density at radius 2 is 1.95 bits per heavy atom. The Labute approximate surface area is 136 Å². The molecule has 1 unspecified atom stereocenters. The van der Waals surface area contributed by atoms with E-state index < -0.39 is 22.0 Å². The van der Waals surface area contributed by atoms with Gasteiger partial charge in [-0.1, -0.05) is 12.1 Å². The van der Waals surface area contributed by atoms with Crippen molar-refractivity contribution in [2.45, 2.75) is 13.0 Å². The summed E-state index contributed by atoms with van der Waals surface area (Å²) in [5.74, 6) is -0.661. The van der Waals surface area contributed by atoms with Crippen molar-refractivity contribution in [3.63, 3.8) is 0 Å². The summed E-state index contributed by atoms with van der Waals surface area (Å²) in [5.41, 5.74) is 1.86. The molecule has 1 aromatic rings. The van der Waals surface area contributed by atoms with E-state index in [1.54, 1.807) is 0 Å². The van der Waals surface area contributed by atoms with Crippen molar-refractivity contribution in [2.24, 2.45) is 0 Å². The van der Waals surface area contributed by atoms with Crippen LogP contribution in [-0.4, -0.2) is 47.4 Å². The maximum atomic E-state index is 10.5. The zero-order valence-corrected chi connectivity index (χ0v) is 13.7. The first-order valence-corrected chi connectivity index (χ1v) is 6.41. The molecule has 1 rings (SSSR count). The molecule has 0 bridgehead atoms. The van der Waals surface area contributed by atoms with E-state index in [1.807, 2.05) is 31.2 Å². The van der Waals surface area contributed by atoms with E-state index in [4.69, 9.17) is 4.55 Å². The van der Waals surface area contributed by atoms with E-state index in [9.17, 15) is 13.5 Å². The minimum atomic E-state index is -4.13. The van der Waals surface area contributed by atoms with Crippen molar-refractivity contribution in [1.29, 1.82) is 0 Å². The minimum Gasteiger partial charge on any atom is -1.00 e. The van der Waals surface area contributed by atoms with E-state index >= 15 is 0 Å². The van der Waals surface area contributed by atoms with Crippen molar-refractivity contribution in [2.75, 3.05) is 17.6 Å². The van der Waals surface area contributed by atoms with Gasteiger partial charge in [0.15, 0.2) is 0 Å². The fraction of sp³-hybridized carbons (Fsp3) is 0.400. The zero-order valence-electron chi connectivity index (χ0n) is 11.9. The van der Waals surface area contributed by atoms with Gasteiger partial charge < -0.3 is 22.8 Å². The molecule has 0 saturated heterocycles. The normalized spacial score (nSPS) is 11.3. The number of anilines is 1. The summed E-state index contributed by atoms with van der Waals surface area (Å²) < 4.78 is 29.5. The van der Waals surface area contributed by atoms with Crippen LogP contribution in [0.3, 0.4) is 0 Å². The quantitative estimate of drug-likeness (QED) is 0.375. The Balaban J connectivity index is -0.000000320. The smallest absolute Gasteiger partial charge is 1.00 e. The Morgan fingerprint density at radius 1 is 1.37 bits per heavy atom. The topological polar surface area (TPSA) is 150 Å². The van der Waals surface area contributed by atoms with Crippen molar-refractivity contribution < 1.29 is 60.0 Å². The molecule has 0 fully saturated rings. The summed E-state index contributed by atoms with van der Waals surface area (Å²) in [6.45, 7) is 2.00. The number of rotatable bonds is 5. The molecule has 0 amide bonds. The molecule has 1 atom stereocenters. The van der Waals surface area contributed by atoms with Crippen LogP contribution in [0.5, 0.6) is 0 Å². The first-order chi connectivity index (χ1) is 7.37. The van der Waals surface area contributed by atoms with Crippen LogP contribution in [0.1, 0.15) is 6.99 Å². The first-order valence-electron chi connectivity index (χ1n) is 4.80. The molecule has 1 aromatic carbocycles. The molecule has 0 saturated carbocycles. The molecule has 7 nitrogen and oxygen atoms in total. The number of aliphatic hydroxyl groups excluding tert-OH is 1. The monoisotopic (exact) mass is 305 g/mol. The zero-order chi connectivity index (χ0) is 12.2. The summed E-state index contributed by atoms with van der Waals surface area (Å²) in [7, 11) is -4.13. The van der Waals surface area contributed by atoms with Crippen LogP contribution >= 0.6 is 0 Å². The van der Waals surface area contributed by atoms with Gasteiger partial charge in [0.2, 0.25) is 0 Å². The summed E-state index contributed by atoms with van der Waals surface area (Å²) >= 11 is 0. The predicted octanol–water partition coefficient (Wildman–Crippen LogP) is -3.88. The van der Waals surface area contributed by atoms with Crippen LogP contribution in [0.4, 0.5) is 5.69 Å². The standard InChI is InChI=1S/C10H15NO4S.Na.2H2O.H/c1-8-3-2-4-9(5-8)11-6-10(12)7-16(13,14)15;;;;/h2-5,10-12H,6-7H2,1H3,(H,13,14,15);;2*1H2;/q;+1;;;-1. The second kappa shape index (κ2) is 10.6. The average Bonchev–Trinajstić information content (AvgIpc) is 2.12. The van der Waals surface area contributed by atoms with Crippen LogP contribution in [0.25, 0.3) is 0 Å². The summed E-state index contributed by atoms with van der Waals surface area (Å²) in [4.78, 5) is 0. The fourth-order valence-corrected chi connectivity index (χ4v) is 1.90. The fourth-order valence-electron chi connectivity index (χ4n) is 1.29. The van der Waals surface area contributed by atoms with Crippen LogP contribution in [-0.2, 0) is 10.1 Å². The van der Waals surface area contributed by atoms with Crippen LogP contribution in [0.15, 0.2) is 24.3 Å². The number of hydrogen-bond acceptors (Lipinski definition) is 4. The number of nitrogens with one attached hydrogen (secondary N) is 1. The Hall–Kier alpha value is -0.190. The molecule has 7 N–H and O–H groups in total. The Kier molecular flexibility index (Phi) is 13.3. The van der Waals surface area contributed by atoms with Gasteiger partial charge in [-0.2, -0.15) is 8.42 Å². The molecular formula is C10H20NNaO6S. The molecule has 0 aliphatic rings. The van der Waals surface area contributed by atoms with Crippen molar-refractivity contribution in [1.82, 2.24) is 0 Å². The van der Waals surface area contributed by atoms with Gasteiger partial charge in [-0.3, -0.25) is 4.55 Å². The third-order valence-corrected chi connectivity index (χ3v) is 2.77. The molecule has 0 spiro atoms. The van der Waals surface area contributed by atoms with Crippen molar-refractivity contribution >= 4 is 15.8 Å². The molecule has 0 aliphatic carbocycles. The summed E-state index contributed by atoms with van der Waals surface area (Å²) in [5, 5.41) is 12.2. The van der Waals surface area contributed by atoms with Crippen molar-refractivity contribution in [3.8, 4) is 0 Å². The molecular weight excluding hydrogens is 285 g/mol. The van der Waals surface area contributed by atoms with Crippen LogP contribution < -0.4 is 34.9 Å².